The van der Waals surface area contributed by atoms with Gasteiger partial charge in [-0.25, -0.2) is 4.98 Å². The number of piperidine rings is 1. The summed E-state index contributed by atoms with van der Waals surface area (Å²) in [5.74, 6) is 1.44. The third kappa shape index (κ3) is 4.06. The number of oxazole rings is 1. The lowest BCUT2D eigenvalue weighted by Gasteiger charge is -2.32. The van der Waals surface area contributed by atoms with Gasteiger partial charge in [-0.1, -0.05) is 11.6 Å². The van der Waals surface area contributed by atoms with Crippen molar-refractivity contribution in [3.63, 3.8) is 0 Å². The molecule has 5 rings (SSSR count). The van der Waals surface area contributed by atoms with Crippen molar-refractivity contribution in [1.29, 1.82) is 0 Å². The van der Waals surface area contributed by atoms with E-state index >= 15 is 0 Å². The Bertz CT molecular complexity index is 1020. The van der Waals surface area contributed by atoms with Gasteiger partial charge in [-0.05, 0) is 67.6 Å². The summed E-state index contributed by atoms with van der Waals surface area (Å²) in [7, 11) is 0. The molecule has 152 valence electrons. The molecule has 2 aliphatic rings. The molecule has 0 unspecified atom stereocenters. The standard InChI is InChI=1S/C22H24ClN3O2S/c23-17-1-2-19-18(13-17)24-22(28-19)15-3-8-25(9-4-15)10-6-21(27)26-11-5-20-16(14-26)7-12-29-20/h1-2,7,12-13,15H,3-6,8-11,14H2. The van der Waals surface area contributed by atoms with Gasteiger partial charge in [-0.2, -0.15) is 0 Å². The van der Waals surface area contributed by atoms with Crippen LogP contribution in [-0.4, -0.2) is 46.9 Å². The van der Waals surface area contributed by atoms with Gasteiger partial charge in [-0.15, -0.1) is 11.3 Å². The van der Waals surface area contributed by atoms with Gasteiger partial charge in [0.25, 0.3) is 0 Å². The fourth-order valence-electron chi connectivity index (χ4n) is 4.37. The Kier molecular flexibility index (Phi) is 5.33. The summed E-state index contributed by atoms with van der Waals surface area (Å²) in [4.78, 5) is 23.2. The molecule has 1 fully saturated rings. The molecule has 2 aliphatic heterocycles. The van der Waals surface area contributed by atoms with Gasteiger partial charge < -0.3 is 14.2 Å². The van der Waals surface area contributed by atoms with E-state index in [4.69, 9.17) is 16.0 Å². The van der Waals surface area contributed by atoms with Crippen molar-refractivity contribution in [1.82, 2.24) is 14.8 Å². The number of hydrogen-bond donors (Lipinski definition) is 0. The monoisotopic (exact) mass is 429 g/mol. The van der Waals surface area contributed by atoms with Crippen LogP contribution in [0.15, 0.2) is 34.1 Å². The molecule has 0 N–H and O–H groups in total. The summed E-state index contributed by atoms with van der Waals surface area (Å²) in [6, 6.07) is 7.73. The first-order chi connectivity index (χ1) is 14.2. The average molecular weight is 430 g/mol. The van der Waals surface area contributed by atoms with Crippen LogP contribution in [0.5, 0.6) is 0 Å². The Morgan fingerprint density at radius 2 is 2.10 bits per heavy atom. The highest BCUT2D eigenvalue weighted by atomic mass is 35.5. The van der Waals surface area contributed by atoms with Crippen molar-refractivity contribution in [3.8, 4) is 0 Å². The number of amides is 1. The Morgan fingerprint density at radius 3 is 2.97 bits per heavy atom. The molecule has 0 atom stereocenters. The molecule has 29 heavy (non-hydrogen) atoms. The number of carbonyl (C=O) groups excluding carboxylic acids is 1. The molecule has 0 spiro atoms. The lowest BCUT2D eigenvalue weighted by atomic mass is 9.96. The van der Waals surface area contributed by atoms with Crippen molar-refractivity contribution in [2.24, 2.45) is 0 Å². The molecule has 0 saturated carbocycles. The van der Waals surface area contributed by atoms with Gasteiger partial charge in [0.05, 0.1) is 0 Å². The van der Waals surface area contributed by atoms with Crippen LogP contribution in [0.4, 0.5) is 0 Å². The molecular formula is C22H24ClN3O2S. The molecule has 7 heteroatoms. The molecule has 5 nitrogen and oxygen atoms in total. The molecule has 0 radical (unpaired) electrons. The Labute approximate surface area is 179 Å². The zero-order valence-electron chi connectivity index (χ0n) is 16.3. The third-order valence-electron chi connectivity index (χ3n) is 6.11. The molecule has 3 aromatic rings. The van der Waals surface area contributed by atoms with Crippen molar-refractivity contribution >= 4 is 39.9 Å². The SMILES string of the molecule is O=C(CCN1CCC(c2nc3cc(Cl)ccc3o2)CC1)N1CCc2sccc2C1. The number of fused-ring (bicyclic) bond motifs is 2. The normalized spacial score (nSPS) is 18.3. The Balaban J connectivity index is 1.12. The van der Waals surface area contributed by atoms with E-state index in [-0.39, 0.29) is 5.91 Å². The smallest absolute Gasteiger partial charge is 0.224 e. The first-order valence-corrected chi connectivity index (χ1v) is 11.5. The van der Waals surface area contributed by atoms with Crippen LogP contribution in [0.1, 0.15) is 41.5 Å². The second-order valence-corrected chi connectivity index (χ2v) is 9.40. The predicted molar refractivity (Wildman–Crippen MR) is 115 cm³/mol. The van der Waals surface area contributed by atoms with Crippen LogP contribution in [0.25, 0.3) is 11.1 Å². The summed E-state index contributed by atoms with van der Waals surface area (Å²) in [5, 5.41) is 2.81. The number of likely N-dealkylation sites (tertiary alicyclic amines) is 1. The van der Waals surface area contributed by atoms with E-state index in [9.17, 15) is 4.79 Å². The number of hydrogen-bond acceptors (Lipinski definition) is 5. The van der Waals surface area contributed by atoms with Crippen LogP contribution in [-0.2, 0) is 17.8 Å². The van der Waals surface area contributed by atoms with Gasteiger partial charge in [0.15, 0.2) is 11.5 Å². The number of benzene rings is 1. The lowest BCUT2D eigenvalue weighted by molar-refractivity contribution is -0.132. The number of rotatable bonds is 4. The van der Waals surface area contributed by atoms with Gasteiger partial charge in [0.2, 0.25) is 5.91 Å². The van der Waals surface area contributed by atoms with E-state index in [1.807, 2.05) is 34.4 Å². The fraction of sp³-hybridized carbons (Fsp3) is 0.455. The van der Waals surface area contributed by atoms with Crippen LogP contribution >= 0.6 is 22.9 Å². The van der Waals surface area contributed by atoms with Gasteiger partial charge in [0, 0.05) is 41.9 Å². The topological polar surface area (TPSA) is 49.6 Å². The molecule has 2 aromatic heterocycles. The highest BCUT2D eigenvalue weighted by Crippen LogP contribution is 2.31. The van der Waals surface area contributed by atoms with Crippen LogP contribution in [0.3, 0.4) is 0 Å². The summed E-state index contributed by atoms with van der Waals surface area (Å²) in [6.07, 6.45) is 3.62. The quantitative estimate of drug-likeness (QED) is 0.603. The second-order valence-electron chi connectivity index (χ2n) is 7.96. The van der Waals surface area contributed by atoms with Crippen molar-refractivity contribution in [2.75, 3.05) is 26.2 Å². The fourth-order valence-corrected chi connectivity index (χ4v) is 5.43. The van der Waals surface area contributed by atoms with Crippen molar-refractivity contribution in [2.45, 2.75) is 38.1 Å². The molecule has 1 saturated heterocycles. The Hall–Kier alpha value is -1.89. The number of carbonyl (C=O) groups is 1. The first kappa shape index (κ1) is 19.1. The van der Waals surface area contributed by atoms with E-state index in [1.54, 1.807) is 0 Å². The minimum absolute atomic E-state index is 0.278. The maximum absolute atomic E-state index is 12.7. The van der Waals surface area contributed by atoms with E-state index in [1.165, 1.54) is 10.4 Å². The average Bonchev–Trinajstić information content (AvgIpc) is 3.38. The number of thiophene rings is 1. The molecule has 4 heterocycles. The lowest BCUT2D eigenvalue weighted by Crippen LogP contribution is -2.39. The zero-order chi connectivity index (χ0) is 19.8. The number of halogens is 1. The zero-order valence-corrected chi connectivity index (χ0v) is 17.8. The van der Waals surface area contributed by atoms with Gasteiger partial charge in [0.1, 0.15) is 5.52 Å². The van der Waals surface area contributed by atoms with Crippen molar-refractivity contribution < 1.29 is 9.21 Å². The second kappa shape index (κ2) is 8.09. The van der Waals surface area contributed by atoms with Crippen LogP contribution in [0, 0.1) is 0 Å². The van der Waals surface area contributed by atoms with Crippen LogP contribution < -0.4 is 0 Å². The van der Waals surface area contributed by atoms with E-state index in [2.05, 4.69) is 21.3 Å². The minimum atomic E-state index is 0.278. The molecule has 0 bridgehead atoms. The molecular weight excluding hydrogens is 406 g/mol. The minimum Gasteiger partial charge on any atom is -0.440 e. The molecule has 1 aromatic carbocycles. The largest absolute Gasteiger partial charge is 0.440 e. The summed E-state index contributed by atoms with van der Waals surface area (Å²) in [5.41, 5.74) is 2.96. The van der Waals surface area contributed by atoms with Gasteiger partial charge >= 0.3 is 0 Å². The van der Waals surface area contributed by atoms with Gasteiger partial charge in [-0.3, -0.25) is 4.79 Å². The maximum atomic E-state index is 12.7. The van der Waals surface area contributed by atoms with E-state index in [0.717, 1.165) is 69.0 Å². The highest BCUT2D eigenvalue weighted by molar-refractivity contribution is 7.10. The molecule has 0 aliphatic carbocycles. The summed E-state index contributed by atoms with van der Waals surface area (Å²) < 4.78 is 5.95. The highest BCUT2D eigenvalue weighted by Gasteiger charge is 2.26. The third-order valence-corrected chi connectivity index (χ3v) is 7.36. The maximum Gasteiger partial charge on any atom is 0.224 e. The Morgan fingerprint density at radius 1 is 1.24 bits per heavy atom. The first-order valence-electron chi connectivity index (χ1n) is 10.3. The molecule has 1 amide bonds. The van der Waals surface area contributed by atoms with E-state index in [0.29, 0.717) is 17.4 Å². The number of aromatic nitrogens is 1. The van der Waals surface area contributed by atoms with E-state index < -0.39 is 0 Å². The van der Waals surface area contributed by atoms with Crippen molar-refractivity contribution in [3.05, 3.63) is 51.0 Å². The predicted octanol–water partition coefficient (Wildman–Crippen LogP) is 4.70. The number of nitrogens with zero attached hydrogens (tertiary/aromatic N) is 3. The summed E-state index contributed by atoms with van der Waals surface area (Å²) in [6.45, 7) is 4.43. The van der Waals surface area contributed by atoms with Crippen LogP contribution in [0.2, 0.25) is 5.02 Å². The summed E-state index contributed by atoms with van der Waals surface area (Å²) >= 11 is 7.86.